The standard InChI is InChI=1S/C13H18ClN3O3/c1-18-12-16-7-10(14)11(17-12)20-9-6-13(19-8-9)2-4-15-5-3-13/h7,9,15H,2-6,8H2,1H3. The van der Waals surface area contributed by atoms with Crippen molar-refractivity contribution in [3.8, 4) is 11.9 Å². The van der Waals surface area contributed by atoms with E-state index in [-0.39, 0.29) is 17.7 Å². The Morgan fingerprint density at radius 2 is 2.25 bits per heavy atom. The van der Waals surface area contributed by atoms with Crippen LogP contribution in [0.3, 0.4) is 0 Å². The summed E-state index contributed by atoms with van der Waals surface area (Å²) in [4.78, 5) is 8.06. The second kappa shape index (κ2) is 5.71. The van der Waals surface area contributed by atoms with Gasteiger partial charge in [-0.15, -0.1) is 0 Å². The van der Waals surface area contributed by atoms with E-state index in [9.17, 15) is 0 Å². The molecule has 2 aliphatic rings. The predicted molar refractivity (Wildman–Crippen MR) is 73.4 cm³/mol. The van der Waals surface area contributed by atoms with Gasteiger partial charge in [0.15, 0.2) is 0 Å². The molecule has 3 rings (SSSR count). The van der Waals surface area contributed by atoms with Gasteiger partial charge in [-0.2, -0.15) is 4.98 Å². The molecule has 2 saturated heterocycles. The maximum Gasteiger partial charge on any atom is 0.319 e. The summed E-state index contributed by atoms with van der Waals surface area (Å²) in [6, 6.07) is 0.250. The van der Waals surface area contributed by atoms with Gasteiger partial charge in [0, 0.05) is 6.42 Å². The Bertz CT molecular complexity index is 480. The number of piperidine rings is 1. The average Bonchev–Trinajstić information content (AvgIpc) is 2.84. The first-order chi connectivity index (χ1) is 9.71. The van der Waals surface area contributed by atoms with Crippen molar-refractivity contribution < 1.29 is 14.2 Å². The number of nitrogens with one attached hydrogen (secondary N) is 1. The molecule has 1 aromatic rings. The highest BCUT2D eigenvalue weighted by molar-refractivity contribution is 6.31. The van der Waals surface area contributed by atoms with Gasteiger partial charge in [-0.3, -0.25) is 0 Å². The van der Waals surface area contributed by atoms with E-state index in [2.05, 4.69) is 15.3 Å². The van der Waals surface area contributed by atoms with Crippen LogP contribution in [0, 0.1) is 0 Å². The zero-order chi connectivity index (χ0) is 14.0. The predicted octanol–water partition coefficient (Wildman–Crippen LogP) is 1.43. The summed E-state index contributed by atoms with van der Waals surface area (Å²) in [6.07, 6.45) is 4.38. The highest BCUT2D eigenvalue weighted by Crippen LogP contribution is 2.36. The Labute approximate surface area is 122 Å². The fraction of sp³-hybridized carbons (Fsp3) is 0.692. The van der Waals surface area contributed by atoms with E-state index < -0.39 is 0 Å². The minimum atomic E-state index is -0.0422. The smallest absolute Gasteiger partial charge is 0.319 e. The third-order valence-electron chi connectivity index (χ3n) is 3.84. The monoisotopic (exact) mass is 299 g/mol. The third kappa shape index (κ3) is 2.82. The topological polar surface area (TPSA) is 65.5 Å². The summed E-state index contributed by atoms with van der Waals surface area (Å²) < 4.78 is 16.8. The molecule has 2 aliphatic heterocycles. The van der Waals surface area contributed by atoms with Crippen LogP contribution in [-0.4, -0.2) is 48.5 Å². The van der Waals surface area contributed by atoms with E-state index >= 15 is 0 Å². The van der Waals surface area contributed by atoms with Crippen LogP contribution >= 0.6 is 11.6 Å². The molecule has 20 heavy (non-hydrogen) atoms. The lowest BCUT2D eigenvalue weighted by Crippen LogP contribution is -2.41. The van der Waals surface area contributed by atoms with Gasteiger partial charge in [0.05, 0.1) is 25.5 Å². The molecular formula is C13H18ClN3O3. The van der Waals surface area contributed by atoms with Crippen molar-refractivity contribution in [3.63, 3.8) is 0 Å². The van der Waals surface area contributed by atoms with E-state index in [0.717, 1.165) is 32.4 Å². The second-order valence-electron chi connectivity index (χ2n) is 5.20. The highest BCUT2D eigenvalue weighted by Gasteiger charge is 2.42. The first-order valence-corrected chi connectivity index (χ1v) is 7.16. The molecule has 0 bridgehead atoms. The minimum absolute atomic E-state index is 0.0230. The number of nitrogens with zero attached hydrogens (tertiary/aromatic N) is 2. The zero-order valence-electron chi connectivity index (χ0n) is 11.4. The van der Waals surface area contributed by atoms with Crippen molar-refractivity contribution in [2.24, 2.45) is 0 Å². The molecule has 1 N–H and O–H groups in total. The molecule has 110 valence electrons. The van der Waals surface area contributed by atoms with E-state index in [1.165, 1.54) is 13.3 Å². The van der Waals surface area contributed by atoms with Crippen LogP contribution in [-0.2, 0) is 4.74 Å². The molecule has 1 spiro atoms. The summed E-state index contributed by atoms with van der Waals surface area (Å²) >= 11 is 6.05. The molecule has 6 nitrogen and oxygen atoms in total. The maximum atomic E-state index is 6.05. The molecular weight excluding hydrogens is 282 g/mol. The van der Waals surface area contributed by atoms with Crippen molar-refractivity contribution in [2.75, 3.05) is 26.8 Å². The summed E-state index contributed by atoms with van der Waals surface area (Å²) in [6.45, 7) is 2.56. The Morgan fingerprint density at radius 1 is 1.45 bits per heavy atom. The van der Waals surface area contributed by atoms with Gasteiger partial charge < -0.3 is 19.5 Å². The average molecular weight is 300 g/mol. The number of halogens is 1. The Balaban J connectivity index is 1.67. The number of hydrogen-bond donors (Lipinski definition) is 1. The Kier molecular flexibility index (Phi) is 3.96. The number of rotatable bonds is 3. The molecule has 0 aliphatic carbocycles. The van der Waals surface area contributed by atoms with Gasteiger partial charge in [0.2, 0.25) is 5.88 Å². The summed E-state index contributed by atoms with van der Waals surface area (Å²) in [5.41, 5.74) is -0.0422. The Hall–Kier alpha value is -1.11. The van der Waals surface area contributed by atoms with E-state index in [4.69, 9.17) is 25.8 Å². The summed E-state index contributed by atoms with van der Waals surface area (Å²) in [5, 5.41) is 3.73. The van der Waals surface area contributed by atoms with E-state index in [1.807, 2.05) is 0 Å². The minimum Gasteiger partial charge on any atom is -0.471 e. The maximum absolute atomic E-state index is 6.05. The van der Waals surface area contributed by atoms with Crippen molar-refractivity contribution in [1.82, 2.24) is 15.3 Å². The van der Waals surface area contributed by atoms with Gasteiger partial charge in [0.25, 0.3) is 0 Å². The molecule has 2 fully saturated rings. The van der Waals surface area contributed by atoms with Gasteiger partial charge in [0.1, 0.15) is 11.1 Å². The van der Waals surface area contributed by atoms with Crippen molar-refractivity contribution in [1.29, 1.82) is 0 Å². The molecule has 7 heteroatoms. The molecule has 3 heterocycles. The molecule has 0 radical (unpaired) electrons. The lowest BCUT2D eigenvalue weighted by molar-refractivity contribution is -0.0206. The lowest BCUT2D eigenvalue weighted by atomic mass is 9.89. The molecule has 0 amide bonds. The van der Waals surface area contributed by atoms with Crippen LogP contribution in [0.2, 0.25) is 5.02 Å². The molecule has 1 atom stereocenters. The SMILES string of the molecule is COc1ncc(Cl)c(OC2COC3(CCNCC3)C2)n1. The zero-order valence-corrected chi connectivity index (χ0v) is 12.2. The quantitative estimate of drug-likeness (QED) is 0.911. The number of methoxy groups -OCH3 is 1. The van der Waals surface area contributed by atoms with Gasteiger partial charge in [-0.1, -0.05) is 11.6 Å². The molecule has 0 aromatic carbocycles. The third-order valence-corrected chi connectivity index (χ3v) is 4.10. The van der Waals surface area contributed by atoms with Gasteiger partial charge in [-0.05, 0) is 25.9 Å². The van der Waals surface area contributed by atoms with Crippen LogP contribution in [0.25, 0.3) is 0 Å². The summed E-state index contributed by atoms with van der Waals surface area (Å²) in [5.74, 6) is 0.359. The van der Waals surface area contributed by atoms with Crippen LogP contribution in [0.1, 0.15) is 19.3 Å². The van der Waals surface area contributed by atoms with E-state index in [0.29, 0.717) is 17.5 Å². The highest BCUT2D eigenvalue weighted by atomic mass is 35.5. The number of hydrogen-bond acceptors (Lipinski definition) is 6. The number of ether oxygens (including phenoxy) is 3. The van der Waals surface area contributed by atoms with Crippen LogP contribution in [0.4, 0.5) is 0 Å². The number of aromatic nitrogens is 2. The summed E-state index contributed by atoms with van der Waals surface area (Å²) in [7, 11) is 1.51. The van der Waals surface area contributed by atoms with Crippen LogP contribution in [0.5, 0.6) is 11.9 Å². The Morgan fingerprint density at radius 3 is 3.00 bits per heavy atom. The van der Waals surface area contributed by atoms with Gasteiger partial charge in [-0.25, -0.2) is 4.98 Å². The first-order valence-electron chi connectivity index (χ1n) is 6.79. The molecule has 1 unspecified atom stereocenters. The van der Waals surface area contributed by atoms with Crippen molar-refractivity contribution in [3.05, 3.63) is 11.2 Å². The van der Waals surface area contributed by atoms with Gasteiger partial charge >= 0.3 is 6.01 Å². The molecule has 1 aromatic heterocycles. The fourth-order valence-electron chi connectivity index (χ4n) is 2.78. The van der Waals surface area contributed by atoms with Crippen molar-refractivity contribution in [2.45, 2.75) is 31.0 Å². The van der Waals surface area contributed by atoms with Crippen LogP contribution in [0.15, 0.2) is 6.20 Å². The fourth-order valence-corrected chi connectivity index (χ4v) is 2.92. The largest absolute Gasteiger partial charge is 0.471 e. The normalized spacial score (nSPS) is 24.8. The lowest BCUT2D eigenvalue weighted by Gasteiger charge is -2.32. The molecule has 0 saturated carbocycles. The first kappa shape index (κ1) is 13.9. The van der Waals surface area contributed by atoms with Crippen molar-refractivity contribution >= 4 is 11.6 Å². The second-order valence-corrected chi connectivity index (χ2v) is 5.60. The van der Waals surface area contributed by atoms with E-state index in [1.54, 1.807) is 0 Å². The van der Waals surface area contributed by atoms with Crippen LogP contribution < -0.4 is 14.8 Å².